The molecule has 1 aliphatic carbocycles. The van der Waals surface area contributed by atoms with Crippen molar-refractivity contribution in [3.05, 3.63) is 271 Å². The van der Waals surface area contributed by atoms with Gasteiger partial charge in [0.2, 0.25) is 0 Å². The summed E-state index contributed by atoms with van der Waals surface area (Å²) in [5.74, 6) is 0. The normalized spacial score (nSPS) is 13.0. The van der Waals surface area contributed by atoms with Gasteiger partial charge in [0.25, 0.3) is 0 Å². The lowest BCUT2D eigenvalue weighted by molar-refractivity contribution is 0.592. The Kier molecular flexibility index (Phi) is 8.72. The first-order valence-corrected chi connectivity index (χ1v) is 24.3. The van der Waals surface area contributed by atoms with Gasteiger partial charge in [-0.15, -0.1) is 0 Å². The van der Waals surface area contributed by atoms with Crippen molar-refractivity contribution in [3.8, 4) is 33.4 Å². The van der Waals surface area contributed by atoms with Crippen molar-refractivity contribution in [2.45, 2.75) is 5.41 Å². The van der Waals surface area contributed by atoms with Crippen molar-refractivity contribution in [1.82, 2.24) is 9.38 Å². The lowest BCUT2D eigenvalue weighted by Gasteiger charge is -2.34. The predicted molar refractivity (Wildman–Crippen MR) is 275 cm³/mol. The van der Waals surface area contributed by atoms with Gasteiger partial charge in [0.05, 0.1) is 22.0 Å². The van der Waals surface area contributed by atoms with E-state index in [1.54, 1.807) is 0 Å². The van der Waals surface area contributed by atoms with Crippen LogP contribution >= 0.6 is 7.14 Å². The number of para-hydroxylation sites is 2. The highest BCUT2D eigenvalue weighted by atomic mass is 31.2. The molecule has 1 aliphatic rings. The molecule has 0 saturated carbocycles. The SMILES string of the molecule is O=P(c1ccccc1)(c1ccccc1)c1ccc2c(c1)C(c1ccccc1)(c1ccccc1)c1cc(-c3ccc(-c4ccc5c6ccccc6c6nc7ccccc7n6c5c4)cc3)ccc1-2. The van der Waals surface area contributed by atoms with Crippen LogP contribution in [-0.2, 0) is 9.98 Å². The maximum absolute atomic E-state index is 16.0. The summed E-state index contributed by atoms with van der Waals surface area (Å²) in [5.41, 5.74) is 15.1. The molecule has 0 radical (unpaired) electrons. The first-order valence-electron chi connectivity index (χ1n) is 22.6. The van der Waals surface area contributed by atoms with E-state index in [4.69, 9.17) is 4.98 Å². The summed E-state index contributed by atoms with van der Waals surface area (Å²) in [6.45, 7) is 0. The van der Waals surface area contributed by atoms with Crippen LogP contribution in [0.15, 0.2) is 249 Å². The average Bonchev–Trinajstić information content (AvgIpc) is 3.94. The smallest absolute Gasteiger partial charge is 0.171 e. The van der Waals surface area contributed by atoms with Crippen molar-refractivity contribution in [2.75, 3.05) is 0 Å². The molecular weight excluding hydrogens is 820 g/mol. The van der Waals surface area contributed by atoms with E-state index >= 15 is 4.57 Å². The maximum atomic E-state index is 16.0. The van der Waals surface area contributed by atoms with Crippen molar-refractivity contribution < 1.29 is 4.57 Å². The van der Waals surface area contributed by atoms with E-state index in [0.717, 1.165) is 76.9 Å². The fourth-order valence-corrected chi connectivity index (χ4v) is 13.6. The highest BCUT2D eigenvalue weighted by Gasteiger charge is 2.47. The van der Waals surface area contributed by atoms with Gasteiger partial charge in [0, 0.05) is 26.7 Å². The summed E-state index contributed by atoms with van der Waals surface area (Å²) in [6.07, 6.45) is 0. The number of aromatic nitrogens is 2. The molecule has 3 nitrogen and oxygen atoms in total. The molecule has 0 fully saturated rings. The van der Waals surface area contributed by atoms with E-state index in [9.17, 15) is 0 Å². The van der Waals surface area contributed by atoms with Crippen molar-refractivity contribution in [3.63, 3.8) is 0 Å². The van der Waals surface area contributed by atoms with E-state index < -0.39 is 12.6 Å². The quantitative estimate of drug-likeness (QED) is 0.118. The number of pyridine rings is 1. The first kappa shape index (κ1) is 38.4. The van der Waals surface area contributed by atoms with Crippen LogP contribution < -0.4 is 15.9 Å². The standard InChI is InChI=1S/C62H41N2OP/c65-66(48-21-9-3-10-22-48,49-23-11-4-12-24-49)50-35-38-53-52-36-33-44(39-56(52)62(57(53)41-50,46-17-5-1-6-18-46)47-19-7-2-8-20-47)42-29-31-43(32-30-42)45-34-37-54-51-25-13-14-26-55(51)61-63-58-27-15-16-28-59(58)64(61)60(54)40-45/h1-41H. The third kappa shape index (κ3) is 5.64. The van der Waals surface area contributed by atoms with Gasteiger partial charge in [-0.05, 0) is 91.4 Å². The molecule has 0 amide bonds. The highest BCUT2D eigenvalue weighted by molar-refractivity contribution is 7.85. The number of benzene rings is 10. The number of fused-ring (bicyclic) bond motifs is 11. The molecule has 310 valence electrons. The zero-order valence-electron chi connectivity index (χ0n) is 35.9. The second-order valence-corrected chi connectivity index (χ2v) is 20.1. The van der Waals surface area contributed by atoms with Gasteiger partial charge in [-0.1, -0.05) is 218 Å². The highest BCUT2D eigenvalue weighted by Crippen LogP contribution is 2.58. The van der Waals surface area contributed by atoms with Crippen LogP contribution in [-0.4, -0.2) is 9.38 Å². The second-order valence-electron chi connectivity index (χ2n) is 17.4. The zero-order valence-corrected chi connectivity index (χ0v) is 36.8. The number of hydrogen-bond donors (Lipinski definition) is 0. The first-order chi connectivity index (χ1) is 32.6. The van der Waals surface area contributed by atoms with Crippen LogP contribution in [0.1, 0.15) is 22.3 Å². The van der Waals surface area contributed by atoms with Crippen LogP contribution in [0.5, 0.6) is 0 Å². The second kappa shape index (κ2) is 15.0. The molecule has 0 aliphatic heterocycles. The van der Waals surface area contributed by atoms with Gasteiger partial charge in [0.1, 0.15) is 5.65 Å². The molecule has 0 spiro atoms. The van der Waals surface area contributed by atoms with Gasteiger partial charge in [-0.25, -0.2) is 4.98 Å². The molecule has 2 heterocycles. The van der Waals surface area contributed by atoms with Crippen molar-refractivity contribution in [2.24, 2.45) is 0 Å². The van der Waals surface area contributed by atoms with E-state index in [1.807, 2.05) is 60.7 Å². The molecule has 10 aromatic carbocycles. The fourth-order valence-electron chi connectivity index (χ4n) is 10.9. The number of rotatable bonds is 7. The Bertz CT molecular complexity index is 3800. The third-order valence-electron chi connectivity index (χ3n) is 13.9. The molecule has 0 N–H and O–H groups in total. The monoisotopic (exact) mass is 860 g/mol. The zero-order chi connectivity index (χ0) is 43.8. The molecule has 13 rings (SSSR count). The predicted octanol–water partition coefficient (Wildman–Crippen LogP) is 14.1. The summed E-state index contributed by atoms with van der Waals surface area (Å²) < 4.78 is 18.3. The molecule has 2 aromatic heterocycles. The molecule has 0 saturated heterocycles. The molecule has 12 aromatic rings. The van der Waals surface area contributed by atoms with Gasteiger partial charge < -0.3 is 4.57 Å². The molecule has 0 atom stereocenters. The average molecular weight is 861 g/mol. The van der Waals surface area contributed by atoms with Gasteiger partial charge >= 0.3 is 0 Å². The van der Waals surface area contributed by atoms with Crippen LogP contribution in [0.2, 0.25) is 0 Å². The van der Waals surface area contributed by atoms with Crippen LogP contribution in [0.3, 0.4) is 0 Å². The molecular formula is C62H41N2OP. The Hall–Kier alpha value is -8.10. The summed E-state index contributed by atoms with van der Waals surface area (Å²) in [6, 6.07) is 88.1. The Labute approximate surface area is 383 Å². The van der Waals surface area contributed by atoms with E-state index in [1.165, 1.54) is 33.0 Å². The van der Waals surface area contributed by atoms with E-state index in [-0.39, 0.29) is 0 Å². The Balaban J connectivity index is 0.971. The van der Waals surface area contributed by atoms with Crippen molar-refractivity contribution >= 4 is 61.4 Å². The number of nitrogens with zero attached hydrogens (tertiary/aromatic N) is 2. The Morgan fingerprint density at radius 1 is 0.364 bits per heavy atom. The minimum Gasteiger partial charge on any atom is -0.309 e. The maximum Gasteiger partial charge on any atom is 0.171 e. The van der Waals surface area contributed by atoms with E-state index in [2.05, 4.69) is 192 Å². The topological polar surface area (TPSA) is 34.4 Å². The van der Waals surface area contributed by atoms with E-state index in [0.29, 0.717) is 0 Å². The van der Waals surface area contributed by atoms with Crippen LogP contribution in [0.25, 0.3) is 71.7 Å². The van der Waals surface area contributed by atoms with Gasteiger partial charge in [-0.2, -0.15) is 0 Å². The van der Waals surface area contributed by atoms with Crippen molar-refractivity contribution in [1.29, 1.82) is 0 Å². The van der Waals surface area contributed by atoms with Crippen LogP contribution in [0, 0.1) is 0 Å². The largest absolute Gasteiger partial charge is 0.309 e. The Morgan fingerprint density at radius 2 is 0.848 bits per heavy atom. The van der Waals surface area contributed by atoms with Gasteiger partial charge in [-0.3, -0.25) is 4.40 Å². The lowest BCUT2D eigenvalue weighted by atomic mass is 9.67. The molecule has 0 unspecified atom stereocenters. The fraction of sp³-hybridized carbons (Fsp3) is 0.0161. The summed E-state index contributed by atoms with van der Waals surface area (Å²) in [5, 5.41) is 6.03. The summed E-state index contributed by atoms with van der Waals surface area (Å²) in [7, 11) is -3.28. The molecule has 0 bridgehead atoms. The van der Waals surface area contributed by atoms with Gasteiger partial charge in [0.15, 0.2) is 7.14 Å². The third-order valence-corrected chi connectivity index (χ3v) is 17.0. The molecule has 4 heteroatoms. The summed E-state index contributed by atoms with van der Waals surface area (Å²) >= 11 is 0. The van der Waals surface area contributed by atoms with Crippen LogP contribution in [0.4, 0.5) is 0 Å². The summed E-state index contributed by atoms with van der Waals surface area (Å²) in [4.78, 5) is 5.12. The Morgan fingerprint density at radius 3 is 1.48 bits per heavy atom. The molecule has 66 heavy (non-hydrogen) atoms. The lowest BCUT2D eigenvalue weighted by Crippen LogP contribution is -2.31. The number of hydrogen-bond acceptors (Lipinski definition) is 2. The minimum absolute atomic E-state index is 0.685. The number of imidazole rings is 1. The minimum atomic E-state index is -3.28.